The number of carbonyl (C=O) groups excluding carboxylic acids is 1. The molecule has 4 rings (SSSR count). The molecular formula is C27H29N5O5. The molecule has 10 nitrogen and oxygen atoms in total. The van der Waals surface area contributed by atoms with Crippen molar-refractivity contribution in [1.29, 1.82) is 0 Å². The summed E-state index contributed by atoms with van der Waals surface area (Å²) < 4.78 is 11.1. The van der Waals surface area contributed by atoms with Crippen LogP contribution in [0, 0.1) is 0 Å². The summed E-state index contributed by atoms with van der Waals surface area (Å²) >= 11 is 0. The molecule has 0 atom stereocenters. The maximum Gasteiger partial charge on any atom is 0.409 e. The first kappa shape index (κ1) is 25.5. The predicted octanol–water partition coefficient (Wildman–Crippen LogP) is 4.53. The van der Waals surface area contributed by atoms with Gasteiger partial charge in [0.2, 0.25) is 0 Å². The number of likely N-dealkylation sites (N-methyl/N-ethyl adjacent to an activating group) is 1. The van der Waals surface area contributed by atoms with Gasteiger partial charge in [0.15, 0.2) is 0 Å². The lowest BCUT2D eigenvalue weighted by Crippen LogP contribution is -2.31. The molecule has 0 bridgehead atoms. The van der Waals surface area contributed by atoms with E-state index >= 15 is 0 Å². The minimum Gasteiger partial charge on any atom is -0.495 e. The standard InChI is InChI=1S/C27H29N5O5/c1-32(2)14-13-28-26(33)19-9-5-7-17-23(18-8-6-10-22(37-4)25(18)31-24(17)19)30-20-15-16(29-27(34)35)11-12-21(20)36-3/h5-12,15,29H,13-14H2,1-4H3,(H,28,33)(H,30,31)(H,34,35). The number of aromatic nitrogens is 1. The molecule has 0 radical (unpaired) electrons. The average Bonchev–Trinajstić information content (AvgIpc) is 2.87. The lowest BCUT2D eigenvalue weighted by atomic mass is 10.0. The molecule has 0 spiro atoms. The number of fused-ring (bicyclic) bond motifs is 2. The lowest BCUT2D eigenvalue weighted by molar-refractivity contribution is 0.0952. The topological polar surface area (TPSA) is 125 Å². The fourth-order valence-corrected chi connectivity index (χ4v) is 4.07. The summed E-state index contributed by atoms with van der Waals surface area (Å²) in [6, 6.07) is 15.9. The third kappa shape index (κ3) is 5.49. The van der Waals surface area contributed by atoms with Crippen molar-refractivity contribution in [1.82, 2.24) is 15.2 Å². The maximum atomic E-state index is 13.1. The Morgan fingerprint density at radius 1 is 0.946 bits per heavy atom. The summed E-state index contributed by atoms with van der Waals surface area (Å²) in [5.74, 6) is 0.832. The van der Waals surface area contributed by atoms with Gasteiger partial charge in [-0.25, -0.2) is 9.78 Å². The molecule has 37 heavy (non-hydrogen) atoms. The summed E-state index contributed by atoms with van der Waals surface area (Å²) in [7, 11) is 6.99. The normalized spacial score (nSPS) is 10.9. The number of benzene rings is 3. The molecule has 2 amide bonds. The molecule has 0 saturated heterocycles. The summed E-state index contributed by atoms with van der Waals surface area (Å²) in [4.78, 5) is 31.2. The van der Waals surface area contributed by atoms with Crippen molar-refractivity contribution in [3.63, 3.8) is 0 Å². The van der Waals surface area contributed by atoms with Crippen LogP contribution in [0.2, 0.25) is 0 Å². The SMILES string of the molecule is COc1ccc(NC(=O)O)cc1Nc1c2cccc(OC)c2nc2c(C(=O)NCCN(C)C)cccc12. The second kappa shape index (κ2) is 11.0. The summed E-state index contributed by atoms with van der Waals surface area (Å²) in [5.41, 5.74) is 3.09. The zero-order valence-electron chi connectivity index (χ0n) is 21.1. The Morgan fingerprint density at radius 3 is 2.32 bits per heavy atom. The van der Waals surface area contributed by atoms with E-state index in [-0.39, 0.29) is 5.91 Å². The van der Waals surface area contributed by atoms with Crippen LogP contribution in [-0.4, -0.2) is 68.4 Å². The van der Waals surface area contributed by atoms with Gasteiger partial charge in [0.25, 0.3) is 5.91 Å². The molecule has 0 aliphatic heterocycles. The first-order chi connectivity index (χ1) is 17.8. The van der Waals surface area contributed by atoms with E-state index < -0.39 is 6.09 Å². The Balaban J connectivity index is 1.91. The van der Waals surface area contributed by atoms with Crippen molar-refractivity contribution in [3.05, 3.63) is 60.2 Å². The highest BCUT2D eigenvalue weighted by atomic mass is 16.5. The van der Waals surface area contributed by atoms with Crippen LogP contribution in [0.5, 0.6) is 11.5 Å². The Labute approximate surface area is 214 Å². The monoisotopic (exact) mass is 503 g/mol. The van der Waals surface area contributed by atoms with Crippen molar-refractivity contribution in [2.75, 3.05) is 52.0 Å². The van der Waals surface area contributed by atoms with Gasteiger partial charge in [0.1, 0.15) is 17.0 Å². The minimum absolute atomic E-state index is 0.231. The molecule has 4 N–H and O–H groups in total. The fraction of sp³-hybridized carbons (Fsp3) is 0.222. The number of ether oxygens (including phenoxy) is 2. The summed E-state index contributed by atoms with van der Waals surface area (Å²) in [5, 5.41) is 19.4. The van der Waals surface area contributed by atoms with Crippen molar-refractivity contribution in [2.24, 2.45) is 0 Å². The van der Waals surface area contributed by atoms with Crippen LogP contribution in [-0.2, 0) is 0 Å². The highest BCUT2D eigenvalue weighted by Gasteiger charge is 2.19. The van der Waals surface area contributed by atoms with Gasteiger partial charge < -0.3 is 30.1 Å². The Morgan fingerprint density at radius 2 is 1.65 bits per heavy atom. The van der Waals surface area contributed by atoms with Crippen molar-refractivity contribution in [2.45, 2.75) is 0 Å². The molecule has 4 aromatic rings. The number of para-hydroxylation sites is 2. The minimum atomic E-state index is -1.18. The number of anilines is 3. The highest BCUT2D eigenvalue weighted by Crippen LogP contribution is 2.40. The van der Waals surface area contributed by atoms with Gasteiger partial charge in [-0.1, -0.05) is 24.3 Å². The molecule has 192 valence electrons. The van der Waals surface area contributed by atoms with Gasteiger partial charge in [0, 0.05) is 29.5 Å². The third-order valence-electron chi connectivity index (χ3n) is 5.82. The van der Waals surface area contributed by atoms with Crippen molar-refractivity contribution in [3.8, 4) is 11.5 Å². The summed E-state index contributed by atoms with van der Waals surface area (Å²) in [6.45, 7) is 1.19. The van der Waals surface area contributed by atoms with Crippen LogP contribution in [0.1, 0.15) is 10.4 Å². The Bertz CT molecular complexity index is 1470. The lowest BCUT2D eigenvalue weighted by Gasteiger charge is -2.18. The van der Waals surface area contributed by atoms with Gasteiger partial charge in [-0.2, -0.15) is 0 Å². The largest absolute Gasteiger partial charge is 0.495 e. The van der Waals surface area contributed by atoms with E-state index in [1.54, 1.807) is 31.4 Å². The number of nitrogens with zero attached hydrogens (tertiary/aromatic N) is 2. The van der Waals surface area contributed by atoms with Gasteiger partial charge in [0.05, 0.1) is 36.7 Å². The van der Waals surface area contributed by atoms with Crippen LogP contribution in [0.4, 0.5) is 21.9 Å². The van der Waals surface area contributed by atoms with Crippen LogP contribution < -0.4 is 25.4 Å². The first-order valence-electron chi connectivity index (χ1n) is 11.6. The number of methoxy groups -OCH3 is 2. The van der Waals surface area contributed by atoms with Gasteiger partial charge in [-0.15, -0.1) is 0 Å². The van der Waals surface area contributed by atoms with Crippen molar-refractivity contribution < 1.29 is 24.2 Å². The second-order valence-electron chi connectivity index (χ2n) is 8.57. The molecule has 3 aromatic carbocycles. The van der Waals surface area contributed by atoms with Crippen LogP contribution in [0.15, 0.2) is 54.6 Å². The number of amides is 2. The van der Waals surface area contributed by atoms with Crippen LogP contribution >= 0.6 is 0 Å². The predicted molar refractivity (Wildman–Crippen MR) is 145 cm³/mol. The van der Waals surface area contributed by atoms with E-state index in [4.69, 9.17) is 19.6 Å². The van der Waals surface area contributed by atoms with E-state index in [2.05, 4.69) is 16.0 Å². The molecular weight excluding hydrogens is 474 g/mol. The Hall–Kier alpha value is -4.57. The third-order valence-corrected chi connectivity index (χ3v) is 5.82. The Kier molecular flexibility index (Phi) is 7.59. The van der Waals surface area contributed by atoms with Gasteiger partial charge in [-0.3, -0.25) is 10.1 Å². The fourth-order valence-electron chi connectivity index (χ4n) is 4.07. The highest BCUT2D eigenvalue weighted by molar-refractivity contribution is 6.15. The van der Waals surface area contributed by atoms with E-state index in [0.717, 1.165) is 5.39 Å². The zero-order valence-corrected chi connectivity index (χ0v) is 21.1. The molecule has 10 heteroatoms. The van der Waals surface area contributed by atoms with E-state index in [9.17, 15) is 9.59 Å². The number of pyridine rings is 1. The van der Waals surface area contributed by atoms with Crippen molar-refractivity contribution >= 4 is 50.9 Å². The first-order valence-corrected chi connectivity index (χ1v) is 11.6. The molecule has 0 fully saturated rings. The van der Waals surface area contributed by atoms with E-state index in [1.807, 2.05) is 49.3 Å². The smallest absolute Gasteiger partial charge is 0.409 e. The average molecular weight is 504 g/mol. The number of nitrogens with one attached hydrogen (secondary N) is 3. The second-order valence-corrected chi connectivity index (χ2v) is 8.57. The number of carbonyl (C=O) groups is 2. The van der Waals surface area contributed by atoms with Gasteiger partial charge >= 0.3 is 6.09 Å². The molecule has 1 heterocycles. The van der Waals surface area contributed by atoms with Crippen LogP contribution in [0.3, 0.4) is 0 Å². The quantitative estimate of drug-likeness (QED) is 0.246. The van der Waals surface area contributed by atoms with Gasteiger partial charge in [-0.05, 0) is 44.4 Å². The number of hydrogen-bond acceptors (Lipinski definition) is 7. The molecule has 0 unspecified atom stereocenters. The summed E-state index contributed by atoms with van der Waals surface area (Å²) in [6.07, 6.45) is -1.18. The maximum absolute atomic E-state index is 13.1. The van der Waals surface area contributed by atoms with E-state index in [0.29, 0.717) is 63.6 Å². The van der Waals surface area contributed by atoms with E-state index in [1.165, 1.54) is 7.11 Å². The molecule has 0 aliphatic rings. The number of hydrogen-bond donors (Lipinski definition) is 4. The number of carboxylic acid groups (broad SMARTS) is 1. The number of rotatable bonds is 9. The molecule has 0 aliphatic carbocycles. The van der Waals surface area contributed by atoms with Crippen LogP contribution in [0.25, 0.3) is 21.8 Å². The molecule has 0 saturated carbocycles. The zero-order chi connectivity index (χ0) is 26.5. The molecule has 1 aromatic heterocycles.